The largest absolute Gasteiger partial charge is 0.380 e. The molecule has 0 saturated carbocycles. The maximum atomic E-state index is 12.2. The third-order valence-corrected chi connectivity index (χ3v) is 4.46. The number of methoxy groups -OCH3 is 1. The Hall–Kier alpha value is -1.73. The van der Waals surface area contributed by atoms with Crippen LogP contribution in [0.15, 0.2) is 18.6 Å². The Morgan fingerprint density at radius 2 is 2.41 bits per heavy atom. The lowest BCUT2D eigenvalue weighted by Gasteiger charge is -2.37. The molecule has 0 aromatic carbocycles. The molecule has 2 atom stereocenters. The molecule has 22 heavy (non-hydrogen) atoms. The van der Waals surface area contributed by atoms with E-state index < -0.39 is 0 Å². The van der Waals surface area contributed by atoms with Crippen LogP contribution in [0.3, 0.4) is 0 Å². The summed E-state index contributed by atoms with van der Waals surface area (Å²) in [6.07, 6.45) is 4.29. The van der Waals surface area contributed by atoms with Crippen LogP contribution >= 0.6 is 0 Å². The third-order valence-electron chi connectivity index (χ3n) is 4.46. The van der Waals surface area contributed by atoms with Crippen LogP contribution in [0.4, 0.5) is 5.82 Å². The van der Waals surface area contributed by atoms with Crippen molar-refractivity contribution in [1.29, 1.82) is 0 Å². The fraction of sp³-hybridized carbons (Fsp3) is 0.667. The van der Waals surface area contributed by atoms with Gasteiger partial charge in [-0.3, -0.25) is 4.79 Å². The Morgan fingerprint density at radius 1 is 1.59 bits per heavy atom. The molecule has 1 aromatic heterocycles. The topological polar surface area (TPSA) is 76.6 Å². The number of rotatable bonds is 5. The van der Waals surface area contributed by atoms with Crippen molar-refractivity contribution in [1.82, 2.24) is 15.3 Å². The molecule has 7 nitrogen and oxygen atoms in total. The molecular weight excluding hydrogens is 284 g/mol. The molecule has 2 saturated heterocycles. The fourth-order valence-corrected chi connectivity index (χ4v) is 2.94. The Bertz CT molecular complexity index is 521. The number of hydrogen-bond acceptors (Lipinski definition) is 6. The number of amides is 1. The van der Waals surface area contributed by atoms with Gasteiger partial charge in [0.25, 0.3) is 0 Å². The monoisotopic (exact) mass is 306 g/mol. The highest BCUT2D eigenvalue weighted by Crippen LogP contribution is 2.28. The zero-order valence-electron chi connectivity index (χ0n) is 13.0. The first-order valence-corrected chi connectivity index (χ1v) is 7.54. The molecule has 0 aliphatic carbocycles. The predicted molar refractivity (Wildman–Crippen MR) is 80.5 cm³/mol. The van der Waals surface area contributed by atoms with Crippen LogP contribution < -0.4 is 10.2 Å². The van der Waals surface area contributed by atoms with Crippen molar-refractivity contribution in [3.8, 4) is 0 Å². The summed E-state index contributed by atoms with van der Waals surface area (Å²) in [4.78, 5) is 22.7. The highest BCUT2D eigenvalue weighted by atomic mass is 16.5. The highest BCUT2D eigenvalue weighted by Gasteiger charge is 2.42. The van der Waals surface area contributed by atoms with Crippen molar-refractivity contribution in [2.24, 2.45) is 5.41 Å². The van der Waals surface area contributed by atoms with E-state index >= 15 is 0 Å². The summed E-state index contributed by atoms with van der Waals surface area (Å²) < 4.78 is 10.6. The summed E-state index contributed by atoms with van der Waals surface area (Å²) >= 11 is 0. The molecule has 2 aliphatic rings. The molecule has 2 aliphatic heterocycles. The van der Waals surface area contributed by atoms with Crippen LogP contribution in [0.1, 0.15) is 13.3 Å². The summed E-state index contributed by atoms with van der Waals surface area (Å²) in [5.41, 5.74) is -0.376. The van der Waals surface area contributed by atoms with Crippen molar-refractivity contribution in [2.45, 2.75) is 25.5 Å². The highest BCUT2D eigenvalue weighted by molar-refractivity contribution is 5.83. The van der Waals surface area contributed by atoms with Gasteiger partial charge in [0.1, 0.15) is 12.1 Å². The van der Waals surface area contributed by atoms with Crippen LogP contribution in [0.2, 0.25) is 0 Å². The van der Waals surface area contributed by atoms with Crippen molar-refractivity contribution < 1.29 is 14.3 Å². The summed E-state index contributed by atoms with van der Waals surface area (Å²) in [5, 5.41) is 3.05. The van der Waals surface area contributed by atoms with Gasteiger partial charge in [0.2, 0.25) is 5.91 Å². The molecule has 1 N–H and O–H groups in total. The Morgan fingerprint density at radius 3 is 3.00 bits per heavy atom. The minimum Gasteiger partial charge on any atom is -0.380 e. The second-order valence-electron chi connectivity index (χ2n) is 6.23. The van der Waals surface area contributed by atoms with E-state index in [1.165, 1.54) is 6.33 Å². The van der Waals surface area contributed by atoms with Gasteiger partial charge in [-0.25, -0.2) is 9.97 Å². The Labute approximate surface area is 130 Å². The van der Waals surface area contributed by atoms with E-state index in [1.54, 1.807) is 13.3 Å². The minimum absolute atomic E-state index is 0.0576. The summed E-state index contributed by atoms with van der Waals surface area (Å²) in [6.45, 7) is 4.28. The number of carbonyl (C=O) groups excluding carboxylic acids is 1. The van der Waals surface area contributed by atoms with E-state index in [9.17, 15) is 4.79 Å². The van der Waals surface area contributed by atoms with Gasteiger partial charge in [-0.2, -0.15) is 0 Å². The molecule has 0 bridgehead atoms. The third kappa shape index (κ3) is 2.91. The molecule has 120 valence electrons. The zero-order valence-corrected chi connectivity index (χ0v) is 13.0. The first kappa shape index (κ1) is 15.2. The lowest BCUT2D eigenvalue weighted by Crippen LogP contribution is -2.54. The van der Waals surface area contributed by atoms with E-state index in [4.69, 9.17) is 9.47 Å². The van der Waals surface area contributed by atoms with Crippen molar-refractivity contribution in [3.63, 3.8) is 0 Å². The first-order chi connectivity index (χ1) is 10.6. The van der Waals surface area contributed by atoms with Gasteiger partial charge in [0, 0.05) is 26.4 Å². The number of nitrogens with zero attached hydrogens (tertiary/aromatic N) is 3. The Kier molecular flexibility index (Phi) is 4.26. The van der Waals surface area contributed by atoms with Crippen LogP contribution in [0, 0.1) is 5.41 Å². The standard InChI is InChI=1S/C15H22N4O3/c1-15(8-22-9-15)14(20)17-6-11-5-12(21-2)7-19(11)13-3-4-16-10-18-13/h3-4,10-12H,5-9H2,1-2H3,(H,17,20)/t11-,12-/m1/s1. The molecule has 3 heterocycles. The van der Waals surface area contributed by atoms with Gasteiger partial charge >= 0.3 is 0 Å². The SMILES string of the molecule is CO[C@@H]1C[C@H](CNC(=O)C2(C)COC2)N(c2ccncn2)C1. The van der Waals surface area contributed by atoms with Gasteiger partial charge in [-0.15, -0.1) is 0 Å². The summed E-state index contributed by atoms with van der Waals surface area (Å²) in [7, 11) is 1.72. The number of nitrogens with one attached hydrogen (secondary N) is 1. The van der Waals surface area contributed by atoms with E-state index in [0.29, 0.717) is 19.8 Å². The lowest BCUT2D eigenvalue weighted by atomic mass is 9.87. The van der Waals surface area contributed by atoms with Crippen LogP contribution in [0.5, 0.6) is 0 Å². The Balaban J connectivity index is 1.64. The van der Waals surface area contributed by atoms with Crippen molar-refractivity contribution >= 4 is 11.7 Å². The second-order valence-corrected chi connectivity index (χ2v) is 6.23. The molecule has 1 amide bonds. The van der Waals surface area contributed by atoms with E-state index in [1.807, 2.05) is 13.0 Å². The van der Waals surface area contributed by atoms with E-state index in [2.05, 4.69) is 20.2 Å². The quantitative estimate of drug-likeness (QED) is 0.839. The maximum absolute atomic E-state index is 12.2. The molecule has 0 radical (unpaired) electrons. The second kappa shape index (κ2) is 6.18. The molecule has 1 aromatic rings. The van der Waals surface area contributed by atoms with E-state index in [0.717, 1.165) is 18.8 Å². The van der Waals surface area contributed by atoms with Crippen LogP contribution in [-0.4, -0.2) is 61.4 Å². The zero-order chi connectivity index (χ0) is 15.6. The summed E-state index contributed by atoms with van der Waals surface area (Å²) in [6, 6.07) is 2.06. The molecule has 3 rings (SSSR count). The van der Waals surface area contributed by atoms with Gasteiger partial charge in [0.05, 0.1) is 30.8 Å². The number of aromatic nitrogens is 2. The molecule has 7 heteroatoms. The minimum atomic E-state index is -0.376. The van der Waals surface area contributed by atoms with E-state index in [-0.39, 0.29) is 23.5 Å². The number of ether oxygens (including phenoxy) is 2. The van der Waals surface area contributed by atoms with Crippen molar-refractivity contribution in [2.75, 3.05) is 38.3 Å². The molecule has 0 unspecified atom stereocenters. The van der Waals surface area contributed by atoms with Gasteiger partial charge in [-0.05, 0) is 19.4 Å². The smallest absolute Gasteiger partial charge is 0.230 e. The predicted octanol–water partition coefficient (Wildman–Crippen LogP) is 0.223. The summed E-state index contributed by atoms with van der Waals surface area (Å²) in [5.74, 6) is 0.925. The lowest BCUT2D eigenvalue weighted by molar-refractivity contribution is -0.157. The van der Waals surface area contributed by atoms with Gasteiger partial charge in [0.15, 0.2) is 0 Å². The average Bonchev–Trinajstić information content (AvgIpc) is 2.94. The number of hydrogen-bond donors (Lipinski definition) is 1. The van der Waals surface area contributed by atoms with Crippen LogP contribution in [-0.2, 0) is 14.3 Å². The molecular formula is C15H22N4O3. The number of anilines is 1. The first-order valence-electron chi connectivity index (χ1n) is 7.54. The average molecular weight is 306 g/mol. The van der Waals surface area contributed by atoms with Gasteiger partial charge in [-0.1, -0.05) is 0 Å². The van der Waals surface area contributed by atoms with Crippen LogP contribution in [0.25, 0.3) is 0 Å². The normalized spacial score (nSPS) is 26.5. The fourth-order valence-electron chi connectivity index (χ4n) is 2.94. The van der Waals surface area contributed by atoms with Crippen molar-refractivity contribution in [3.05, 3.63) is 18.6 Å². The maximum Gasteiger partial charge on any atom is 0.230 e. The molecule has 2 fully saturated rings. The van der Waals surface area contributed by atoms with Gasteiger partial charge < -0.3 is 19.7 Å². The number of carbonyl (C=O) groups is 1. The molecule has 0 spiro atoms.